The summed E-state index contributed by atoms with van der Waals surface area (Å²) in [7, 11) is 0. The Bertz CT molecular complexity index is 296. The number of carboxylic acids is 1. The number of rotatable bonds is 3. The maximum atomic E-state index is 11.7. The molecule has 0 bridgehead atoms. The molecule has 1 aliphatic rings. The SMILES string of the molecule is CC/C(C)=C/C(=O)N1CCCC1C(=O)O. The number of carboxylic acid groups (broad SMARTS) is 1. The summed E-state index contributed by atoms with van der Waals surface area (Å²) < 4.78 is 0. The fourth-order valence-corrected chi connectivity index (χ4v) is 1.68. The van der Waals surface area contributed by atoms with Gasteiger partial charge in [0.1, 0.15) is 6.04 Å². The van der Waals surface area contributed by atoms with Gasteiger partial charge in [-0.15, -0.1) is 0 Å². The van der Waals surface area contributed by atoms with Crippen LogP contribution in [0.25, 0.3) is 0 Å². The average Bonchev–Trinajstić information content (AvgIpc) is 2.65. The Morgan fingerprint density at radius 2 is 2.20 bits per heavy atom. The number of carbonyl (C=O) groups is 2. The highest BCUT2D eigenvalue weighted by Crippen LogP contribution is 2.18. The topological polar surface area (TPSA) is 57.6 Å². The van der Waals surface area contributed by atoms with E-state index in [2.05, 4.69) is 0 Å². The second kappa shape index (κ2) is 4.96. The molecule has 0 aromatic rings. The molecule has 1 N–H and O–H groups in total. The molecule has 1 amide bonds. The molecule has 1 heterocycles. The summed E-state index contributed by atoms with van der Waals surface area (Å²) in [5.41, 5.74) is 0.982. The lowest BCUT2D eigenvalue weighted by Gasteiger charge is -2.19. The maximum absolute atomic E-state index is 11.7. The van der Waals surface area contributed by atoms with Crippen molar-refractivity contribution in [2.24, 2.45) is 0 Å². The van der Waals surface area contributed by atoms with Crippen LogP contribution >= 0.6 is 0 Å². The van der Waals surface area contributed by atoms with Crippen LogP contribution in [0.3, 0.4) is 0 Å². The van der Waals surface area contributed by atoms with Gasteiger partial charge in [-0.1, -0.05) is 12.5 Å². The van der Waals surface area contributed by atoms with E-state index in [1.165, 1.54) is 4.90 Å². The van der Waals surface area contributed by atoms with Crippen molar-refractivity contribution in [3.63, 3.8) is 0 Å². The number of aliphatic carboxylic acids is 1. The van der Waals surface area contributed by atoms with Crippen LogP contribution in [0.5, 0.6) is 0 Å². The van der Waals surface area contributed by atoms with Crippen molar-refractivity contribution in [3.05, 3.63) is 11.6 Å². The van der Waals surface area contributed by atoms with Gasteiger partial charge in [0.05, 0.1) is 0 Å². The normalized spacial score (nSPS) is 21.9. The van der Waals surface area contributed by atoms with E-state index in [1.807, 2.05) is 13.8 Å². The molecule has 1 fully saturated rings. The molecule has 1 unspecified atom stereocenters. The Hall–Kier alpha value is -1.32. The molecule has 15 heavy (non-hydrogen) atoms. The number of allylic oxidation sites excluding steroid dienone is 1. The third kappa shape index (κ3) is 2.81. The number of amides is 1. The summed E-state index contributed by atoms with van der Waals surface area (Å²) in [5.74, 6) is -1.07. The summed E-state index contributed by atoms with van der Waals surface area (Å²) in [6.07, 6.45) is 3.71. The average molecular weight is 211 g/mol. The van der Waals surface area contributed by atoms with Crippen molar-refractivity contribution in [2.75, 3.05) is 6.54 Å². The fraction of sp³-hybridized carbons (Fsp3) is 0.636. The number of likely N-dealkylation sites (tertiary alicyclic amines) is 1. The first-order valence-electron chi connectivity index (χ1n) is 5.26. The van der Waals surface area contributed by atoms with Crippen LogP contribution in [-0.4, -0.2) is 34.5 Å². The Morgan fingerprint density at radius 1 is 1.53 bits per heavy atom. The summed E-state index contributed by atoms with van der Waals surface area (Å²) in [6.45, 7) is 4.41. The summed E-state index contributed by atoms with van der Waals surface area (Å²) in [6, 6.07) is -0.626. The van der Waals surface area contributed by atoms with Crippen molar-refractivity contribution in [2.45, 2.75) is 39.2 Å². The number of hydrogen-bond acceptors (Lipinski definition) is 2. The minimum atomic E-state index is -0.900. The van der Waals surface area contributed by atoms with Crippen LogP contribution in [0.2, 0.25) is 0 Å². The molecule has 4 nitrogen and oxygen atoms in total. The Morgan fingerprint density at radius 3 is 2.73 bits per heavy atom. The monoisotopic (exact) mass is 211 g/mol. The number of hydrogen-bond donors (Lipinski definition) is 1. The zero-order valence-electron chi connectivity index (χ0n) is 9.19. The Labute approximate surface area is 89.6 Å². The molecule has 1 rings (SSSR count). The van der Waals surface area contributed by atoms with Crippen LogP contribution in [0.4, 0.5) is 0 Å². The van der Waals surface area contributed by atoms with Gasteiger partial charge in [-0.25, -0.2) is 4.79 Å². The van der Waals surface area contributed by atoms with Gasteiger partial charge in [0, 0.05) is 12.6 Å². The molecule has 0 spiro atoms. The van der Waals surface area contributed by atoms with Gasteiger partial charge in [0.15, 0.2) is 0 Å². The molecule has 1 atom stereocenters. The molecule has 1 aliphatic heterocycles. The van der Waals surface area contributed by atoms with Gasteiger partial charge in [0.25, 0.3) is 0 Å². The third-order valence-electron chi connectivity index (χ3n) is 2.75. The van der Waals surface area contributed by atoms with E-state index >= 15 is 0 Å². The standard InChI is InChI=1S/C11H17NO3/c1-3-8(2)7-10(13)12-6-4-5-9(12)11(14)15/h7,9H,3-6H2,1-2H3,(H,14,15)/b8-7+. The lowest BCUT2D eigenvalue weighted by Crippen LogP contribution is -2.39. The molecule has 0 radical (unpaired) electrons. The molecule has 4 heteroatoms. The lowest BCUT2D eigenvalue weighted by atomic mass is 10.2. The first kappa shape index (κ1) is 11.8. The molecule has 0 aliphatic carbocycles. The van der Waals surface area contributed by atoms with Crippen molar-refractivity contribution in [1.29, 1.82) is 0 Å². The highest BCUT2D eigenvalue weighted by molar-refractivity contribution is 5.92. The van der Waals surface area contributed by atoms with Crippen molar-refractivity contribution >= 4 is 11.9 Å². The van der Waals surface area contributed by atoms with Crippen molar-refractivity contribution in [1.82, 2.24) is 4.90 Å². The van der Waals surface area contributed by atoms with Gasteiger partial charge in [-0.2, -0.15) is 0 Å². The number of carbonyl (C=O) groups excluding carboxylic acids is 1. The zero-order valence-corrected chi connectivity index (χ0v) is 9.19. The first-order valence-corrected chi connectivity index (χ1v) is 5.26. The van der Waals surface area contributed by atoms with Gasteiger partial charge in [-0.3, -0.25) is 4.79 Å². The van der Waals surface area contributed by atoms with Crippen LogP contribution < -0.4 is 0 Å². The smallest absolute Gasteiger partial charge is 0.326 e. The van der Waals surface area contributed by atoms with Crippen LogP contribution in [0, 0.1) is 0 Å². The zero-order chi connectivity index (χ0) is 11.4. The molecular weight excluding hydrogens is 194 g/mol. The predicted molar refractivity (Wildman–Crippen MR) is 56.4 cm³/mol. The van der Waals surface area contributed by atoms with Gasteiger partial charge in [-0.05, 0) is 26.2 Å². The third-order valence-corrected chi connectivity index (χ3v) is 2.75. The highest BCUT2D eigenvalue weighted by Gasteiger charge is 2.32. The summed E-state index contributed by atoms with van der Waals surface area (Å²) in [4.78, 5) is 24.0. The summed E-state index contributed by atoms with van der Waals surface area (Å²) in [5, 5.41) is 8.91. The molecule has 0 aromatic carbocycles. The van der Waals surface area contributed by atoms with E-state index in [1.54, 1.807) is 6.08 Å². The van der Waals surface area contributed by atoms with E-state index in [9.17, 15) is 9.59 Å². The minimum Gasteiger partial charge on any atom is -0.480 e. The maximum Gasteiger partial charge on any atom is 0.326 e. The highest BCUT2D eigenvalue weighted by atomic mass is 16.4. The van der Waals surface area contributed by atoms with Gasteiger partial charge < -0.3 is 10.0 Å². The first-order chi connectivity index (χ1) is 7.06. The quantitative estimate of drug-likeness (QED) is 0.718. The van der Waals surface area contributed by atoms with Gasteiger partial charge >= 0.3 is 5.97 Å². The Kier molecular flexibility index (Phi) is 3.88. The van der Waals surface area contributed by atoms with Crippen molar-refractivity contribution in [3.8, 4) is 0 Å². The fourth-order valence-electron chi connectivity index (χ4n) is 1.68. The van der Waals surface area contributed by atoms with Crippen LogP contribution in [0.15, 0.2) is 11.6 Å². The minimum absolute atomic E-state index is 0.167. The van der Waals surface area contributed by atoms with E-state index in [-0.39, 0.29) is 5.91 Å². The molecular formula is C11H17NO3. The second-order valence-electron chi connectivity index (χ2n) is 3.87. The Balaban J connectivity index is 2.71. The largest absolute Gasteiger partial charge is 0.480 e. The molecule has 0 saturated carbocycles. The molecule has 0 aromatic heterocycles. The van der Waals surface area contributed by atoms with E-state index in [0.29, 0.717) is 13.0 Å². The van der Waals surface area contributed by atoms with E-state index in [4.69, 9.17) is 5.11 Å². The van der Waals surface area contributed by atoms with E-state index in [0.717, 1.165) is 18.4 Å². The van der Waals surface area contributed by atoms with Crippen molar-refractivity contribution < 1.29 is 14.7 Å². The lowest BCUT2D eigenvalue weighted by molar-refractivity contribution is -0.146. The van der Waals surface area contributed by atoms with E-state index < -0.39 is 12.0 Å². The second-order valence-corrected chi connectivity index (χ2v) is 3.87. The predicted octanol–water partition coefficient (Wildman–Crippen LogP) is 1.42. The summed E-state index contributed by atoms with van der Waals surface area (Å²) >= 11 is 0. The molecule has 84 valence electrons. The van der Waals surface area contributed by atoms with Crippen LogP contribution in [0.1, 0.15) is 33.1 Å². The number of nitrogens with zero attached hydrogens (tertiary/aromatic N) is 1. The van der Waals surface area contributed by atoms with Gasteiger partial charge in [0.2, 0.25) is 5.91 Å². The van der Waals surface area contributed by atoms with Crippen LogP contribution in [-0.2, 0) is 9.59 Å². The molecule has 1 saturated heterocycles.